The van der Waals surface area contributed by atoms with Gasteiger partial charge in [0.15, 0.2) is 0 Å². The predicted octanol–water partition coefficient (Wildman–Crippen LogP) is 7.85. The van der Waals surface area contributed by atoms with Crippen LogP contribution >= 0.6 is 0 Å². The third-order valence-electron chi connectivity index (χ3n) is 7.13. The highest BCUT2D eigenvalue weighted by Gasteiger charge is 2.23. The van der Waals surface area contributed by atoms with Gasteiger partial charge < -0.3 is 16.0 Å². The van der Waals surface area contributed by atoms with Gasteiger partial charge in [0.2, 0.25) is 0 Å². The normalized spacial score (nSPS) is 15.7. The van der Waals surface area contributed by atoms with Gasteiger partial charge in [0.05, 0.1) is 12.1 Å². The summed E-state index contributed by atoms with van der Waals surface area (Å²) in [7, 11) is 0. The van der Waals surface area contributed by atoms with E-state index in [4.69, 9.17) is 0 Å². The van der Waals surface area contributed by atoms with Crippen LogP contribution in [0, 0.1) is 0 Å². The van der Waals surface area contributed by atoms with E-state index in [-0.39, 0.29) is 12.1 Å². The summed E-state index contributed by atoms with van der Waals surface area (Å²) < 4.78 is 0. The molecule has 0 aliphatic carbocycles. The molecular formula is C32H45N3. The zero-order valence-electron chi connectivity index (χ0n) is 22.5. The summed E-state index contributed by atoms with van der Waals surface area (Å²) in [5.74, 6) is 0. The van der Waals surface area contributed by atoms with Gasteiger partial charge in [-0.2, -0.15) is 0 Å². The monoisotopic (exact) mass is 471 g/mol. The van der Waals surface area contributed by atoms with Gasteiger partial charge in [-0.3, -0.25) is 0 Å². The Morgan fingerprint density at radius 3 is 1.54 bits per heavy atom. The number of nitrogens with one attached hydrogen (secondary N) is 3. The second kappa shape index (κ2) is 13.5. The zero-order valence-corrected chi connectivity index (χ0v) is 22.5. The number of benzene rings is 3. The number of anilines is 1. The number of hydrogen-bond acceptors (Lipinski definition) is 3. The van der Waals surface area contributed by atoms with Crippen LogP contribution in [0.4, 0.5) is 5.69 Å². The summed E-state index contributed by atoms with van der Waals surface area (Å²) in [6, 6.07) is 30.2. The van der Waals surface area contributed by atoms with Crippen molar-refractivity contribution in [3.05, 3.63) is 101 Å². The largest absolute Gasteiger partial charge is 0.382 e. The smallest absolute Gasteiger partial charge is 0.0599 e. The molecule has 3 nitrogen and oxygen atoms in total. The van der Waals surface area contributed by atoms with Crippen molar-refractivity contribution in [2.45, 2.75) is 91.0 Å². The SMILES string of the molecule is CCC(C)Nc1ccc(C(NC(C)CC)c2ccccc2)cc1C(NC(C)CC)c1ccccc1. The van der Waals surface area contributed by atoms with Crippen molar-refractivity contribution >= 4 is 5.69 Å². The third-order valence-corrected chi connectivity index (χ3v) is 7.13. The minimum atomic E-state index is 0.109. The molecule has 0 saturated carbocycles. The molecule has 0 spiro atoms. The summed E-state index contributed by atoms with van der Waals surface area (Å²) in [5, 5.41) is 11.6. The second-order valence-corrected chi connectivity index (χ2v) is 9.94. The van der Waals surface area contributed by atoms with Gasteiger partial charge in [0.1, 0.15) is 0 Å². The lowest BCUT2D eigenvalue weighted by atomic mass is 9.90. The van der Waals surface area contributed by atoms with E-state index in [9.17, 15) is 0 Å². The molecule has 3 N–H and O–H groups in total. The van der Waals surface area contributed by atoms with Crippen LogP contribution in [0.2, 0.25) is 0 Å². The Hall–Kier alpha value is -2.62. The average Bonchev–Trinajstić information content (AvgIpc) is 2.91. The van der Waals surface area contributed by atoms with Crippen molar-refractivity contribution in [3.8, 4) is 0 Å². The van der Waals surface area contributed by atoms with E-state index in [1.807, 2.05) is 0 Å². The molecule has 0 saturated heterocycles. The molecular weight excluding hydrogens is 426 g/mol. The molecule has 0 radical (unpaired) electrons. The average molecular weight is 472 g/mol. The van der Waals surface area contributed by atoms with Gasteiger partial charge in [-0.05, 0) is 74.4 Å². The topological polar surface area (TPSA) is 36.1 Å². The first-order valence-electron chi connectivity index (χ1n) is 13.5. The van der Waals surface area contributed by atoms with Gasteiger partial charge in [-0.25, -0.2) is 0 Å². The molecule has 0 fully saturated rings. The fraction of sp³-hybridized carbons (Fsp3) is 0.438. The lowest BCUT2D eigenvalue weighted by Gasteiger charge is -2.30. The van der Waals surface area contributed by atoms with Gasteiger partial charge >= 0.3 is 0 Å². The maximum absolute atomic E-state index is 3.93. The maximum atomic E-state index is 3.93. The van der Waals surface area contributed by atoms with Crippen LogP contribution in [0.25, 0.3) is 0 Å². The van der Waals surface area contributed by atoms with Crippen molar-refractivity contribution in [1.82, 2.24) is 10.6 Å². The second-order valence-electron chi connectivity index (χ2n) is 9.94. The summed E-state index contributed by atoms with van der Waals surface area (Å²) in [5.41, 5.74) is 6.41. The Kier molecular flexibility index (Phi) is 10.4. The Morgan fingerprint density at radius 2 is 1.03 bits per heavy atom. The van der Waals surface area contributed by atoms with Crippen LogP contribution in [-0.4, -0.2) is 18.1 Å². The number of hydrogen-bond donors (Lipinski definition) is 3. The van der Waals surface area contributed by atoms with E-state index >= 15 is 0 Å². The van der Waals surface area contributed by atoms with E-state index < -0.39 is 0 Å². The molecule has 5 unspecified atom stereocenters. The standard InChI is InChI=1S/C32H45N3/c1-7-23(4)33-30-21-20-28(31(34-24(5)8-2)26-16-12-10-13-17-26)22-29(30)32(35-25(6)9-3)27-18-14-11-15-19-27/h10-25,31-35H,7-9H2,1-6H3. The van der Waals surface area contributed by atoms with Crippen LogP contribution in [0.5, 0.6) is 0 Å². The molecule has 0 amide bonds. The lowest BCUT2D eigenvalue weighted by Crippen LogP contribution is -2.33. The third kappa shape index (κ3) is 7.43. The van der Waals surface area contributed by atoms with Gasteiger partial charge in [-0.15, -0.1) is 0 Å². The molecule has 5 atom stereocenters. The highest BCUT2D eigenvalue weighted by Crippen LogP contribution is 2.34. The lowest BCUT2D eigenvalue weighted by molar-refractivity contribution is 0.480. The number of rotatable bonds is 13. The van der Waals surface area contributed by atoms with Gasteiger partial charge in [0, 0.05) is 23.8 Å². The fourth-order valence-electron chi connectivity index (χ4n) is 4.34. The quantitative estimate of drug-likeness (QED) is 0.237. The molecule has 3 rings (SSSR count). The fourth-order valence-corrected chi connectivity index (χ4v) is 4.34. The van der Waals surface area contributed by atoms with E-state index in [1.165, 1.54) is 27.9 Å². The van der Waals surface area contributed by atoms with Crippen molar-refractivity contribution in [2.24, 2.45) is 0 Å². The van der Waals surface area contributed by atoms with Gasteiger partial charge in [0.25, 0.3) is 0 Å². The molecule has 188 valence electrons. The molecule has 0 aliphatic heterocycles. The van der Waals surface area contributed by atoms with Crippen molar-refractivity contribution in [3.63, 3.8) is 0 Å². The Labute approximate surface area is 213 Å². The van der Waals surface area contributed by atoms with Crippen molar-refractivity contribution < 1.29 is 0 Å². The summed E-state index contributed by atoms with van der Waals surface area (Å²) in [6.07, 6.45) is 3.25. The van der Waals surface area contributed by atoms with Crippen LogP contribution in [0.1, 0.15) is 95.1 Å². The van der Waals surface area contributed by atoms with Crippen LogP contribution in [0.3, 0.4) is 0 Å². The minimum absolute atomic E-state index is 0.109. The highest BCUT2D eigenvalue weighted by molar-refractivity contribution is 5.58. The summed E-state index contributed by atoms with van der Waals surface area (Å²) in [4.78, 5) is 0. The minimum Gasteiger partial charge on any atom is -0.382 e. The molecule has 3 aromatic carbocycles. The highest BCUT2D eigenvalue weighted by atomic mass is 15.0. The zero-order chi connectivity index (χ0) is 25.2. The van der Waals surface area contributed by atoms with Crippen LogP contribution < -0.4 is 16.0 Å². The summed E-state index contributed by atoms with van der Waals surface area (Å²) in [6.45, 7) is 13.5. The molecule has 3 aromatic rings. The Bertz CT molecular complexity index is 1000. The molecule has 0 heterocycles. The van der Waals surface area contributed by atoms with Crippen molar-refractivity contribution in [2.75, 3.05) is 5.32 Å². The molecule has 0 aromatic heterocycles. The molecule has 35 heavy (non-hydrogen) atoms. The maximum Gasteiger partial charge on any atom is 0.0599 e. The van der Waals surface area contributed by atoms with Crippen molar-refractivity contribution in [1.29, 1.82) is 0 Å². The van der Waals surface area contributed by atoms with Gasteiger partial charge in [-0.1, -0.05) is 87.5 Å². The van der Waals surface area contributed by atoms with Crippen LogP contribution in [0.15, 0.2) is 78.9 Å². The van der Waals surface area contributed by atoms with Crippen LogP contribution in [-0.2, 0) is 0 Å². The van der Waals surface area contributed by atoms with E-state index in [0.717, 1.165) is 19.3 Å². The van der Waals surface area contributed by atoms with E-state index in [2.05, 4.69) is 136 Å². The molecule has 0 bridgehead atoms. The molecule has 0 aliphatic rings. The first-order valence-corrected chi connectivity index (χ1v) is 13.5. The first-order chi connectivity index (χ1) is 17.0. The Morgan fingerprint density at radius 1 is 0.543 bits per heavy atom. The predicted molar refractivity (Wildman–Crippen MR) is 152 cm³/mol. The Balaban J connectivity index is 2.15. The molecule has 3 heteroatoms. The van der Waals surface area contributed by atoms with E-state index in [0.29, 0.717) is 18.1 Å². The van der Waals surface area contributed by atoms with E-state index in [1.54, 1.807) is 0 Å². The summed E-state index contributed by atoms with van der Waals surface area (Å²) >= 11 is 0. The first kappa shape index (κ1) is 27.0.